The van der Waals surface area contributed by atoms with Gasteiger partial charge in [0.25, 0.3) is 0 Å². The van der Waals surface area contributed by atoms with Crippen LogP contribution in [0.2, 0.25) is 0 Å². The number of nitrogens with zero attached hydrogens (tertiary/aromatic N) is 1. The lowest BCUT2D eigenvalue weighted by Crippen LogP contribution is -2.47. The standard InChI is InChI=1S/C11H18N2OS/c1-8-9(2)15-10(13-8)6-11(14)4-3-5-12-7-11/h12,14H,3-7H2,1-2H3. The number of hydrogen-bond acceptors (Lipinski definition) is 4. The SMILES string of the molecule is Cc1nc(CC2(O)CCCNC2)sc1C. The summed E-state index contributed by atoms with van der Waals surface area (Å²) < 4.78 is 0. The molecule has 15 heavy (non-hydrogen) atoms. The average molecular weight is 226 g/mol. The molecule has 0 saturated carbocycles. The van der Waals surface area contributed by atoms with E-state index >= 15 is 0 Å². The van der Waals surface area contributed by atoms with Crippen LogP contribution in [0.1, 0.15) is 28.4 Å². The minimum atomic E-state index is -0.574. The molecule has 0 aliphatic carbocycles. The van der Waals surface area contributed by atoms with Crippen LogP contribution in [0.25, 0.3) is 0 Å². The Bertz CT molecular complexity index is 323. The van der Waals surface area contributed by atoms with E-state index in [2.05, 4.69) is 17.2 Å². The molecule has 3 nitrogen and oxygen atoms in total. The fraction of sp³-hybridized carbons (Fsp3) is 0.727. The van der Waals surface area contributed by atoms with Crippen LogP contribution in [-0.4, -0.2) is 28.8 Å². The average Bonchev–Trinajstić information content (AvgIpc) is 2.46. The number of aromatic nitrogens is 1. The number of piperidine rings is 1. The maximum atomic E-state index is 10.3. The van der Waals surface area contributed by atoms with Crippen molar-refractivity contribution < 1.29 is 5.11 Å². The first kappa shape index (κ1) is 11.0. The third-order valence-corrected chi connectivity index (χ3v) is 4.08. The van der Waals surface area contributed by atoms with Crippen LogP contribution in [0.3, 0.4) is 0 Å². The van der Waals surface area contributed by atoms with Gasteiger partial charge in [-0.2, -0.15) is 0 Å². The van der Waals surface area contributed by atoms with E-state index < -0.39 is 5.60 Å². The Balaban J connectivity index is 2.06. The largest absolute Gasteiger partial charge is 0.388 e. The maximum absolute atomic E-state index is 10.3. The molecule has 1 saturated heterocycles. The minimum absolute atomic E-state index is 0.574. The van der Waals surface area contributed by atoms with Gasteiger partial charge in [0.1, 0.15) is 0 Å². The zero-order valence-electron chi connectivity index (χ0n) is 9.34. The molecule has 1 fully saturated rings. The monoisotopic (exact) mass is 226 g/mol. The van der Waals surface area contributed by atoms with Gasteiger partial charge >= 0.3 is 0 Å². The van der Waals surface area contributed by atoms with Crippen molar-refractivity contribution in [2.75, 3.05) is 13.1 Å². The summed E-state index contributed by atoms with van der Waals surface area (Å²) in [4.78, 5) is 5.74. The zero-order valence-corrected chi connectivity index (χ0v) is 10.2. The minimum Gasteiger partial charge on any atom is -0.388 e. The van der Waals surface area contributed by atoms with Gasteiger partial charge in [0.05, 0.1) is 16.3 Å². The summed E-state index contributed by atoms with van der Waals surface area (Å²) in [6, 6.07) is 0. The molecule has 2 heterocycles. The highest BCUT2D eigenvalue weighted by atomic mass is 32.1. The van der Waals surface area contributed by atoms with Gasteiger partial charge in [-0.05, 0) is 33.2 Å². The molecule has 0 spiro atoms. The molecule has 1 aromatic heterocycles. The normalized spacial score (nSPS) is 26.9. The van der Waals surface area contributed by atoms with Crippen molar-refractivity contribution in [3.05, 3.63) is 15.6 Å². The Morgan fingerprint density at radius 3 is 2.87 bits per heavy atom. The van der Waals surface area contributed by atoms with E-state index in [1.165, 1.54) is 4.88 Å². The van der Waals surface area contributed by atoms with Crippen LogP contribution in [-0.2, 0) is 6.42 Å². The summed E-state index contributed by atoms with van der Waals surface area (Å²) in [6.07, 6.45) is 2.64. The van der Waals surface area contributed by atoms with Crippen molar-refractivity contribution in [3.63, 3.8) is 0 Å². The van der Waals surface area contributed by atoms with Crippen molar-refractivity contribution in [1.29, 1.82) is 0 Å². The number of aliphatic hydroxyl groups is 1. The Hall–Kier alpha value is -0.450. The first-order chi connectivity index (χ1) is 7.09. The number of nitrogens with one attached hydrogen (secondary N) is 1. The van der Waals surface area contributed by atoms with E-state index in [0.29, 0.717) is 13.0 Å². The van der Waals surface area contributed by atoms with Gasteiger partial charge in [-0.1, -0.05) is 0 Å². The first-order valence-corrected chi connectivity index (χ1v) is 6.27. The van der Waals surface area contributed by atoms with Gasteiger partial charge in [0.2, 0.25) is 0 Å². The summed E-state index contributed by atoms with van der Waals surface area (Å²) in [7, 11) is 0. The Morgan fingerprint density at radius 2 is 2.33 bits per heavy atom. The second kappa shape index (κ2) is 4.20. The fourth-order valence-electron chi connectivity index (χ4n) is 2.00. The summed E-state index contributed by atoms with van der Waals surface area (Å²) >= 11 is 1.71. The zero-order chi connectivity index (χ0) is 10.9. The molecule has 1 aliphatic heterocycles. The van der Waals surface area contributed by atoms with Crippen LogP contribution >= 0.6 is 11.3 Å². The highest BCUT2D eigenvalue weighted by Crippen LogP contribution is 2.25. The number of rotatable bonds is 2. The van der Waals surface area contributed by atoms with Gasteiger partial charge in [0.15, 0.2) is 0 Å². The Kier molecular flexibility index (Phi) is 3.09. The quantitative estimate of drug-likeness (QED) is 0.801. The van der Waals surface area contributed by atoms with Crippen LogP contribution in [0.4, 0.5) is 0 Å². The molecular weight excluding hydrogens is 208 g/mol. The van der Waals surface area contributed by atoms with E-state index in [1.807, 2.05) is 6.92 Å². The molecule has 0 bridgehead atoms. The predicted molar refractivity (Wildman–Crippen MR) is 62.3 cm³/mol. The van der Waals surface area contributed by atoms with Gasteiger partial charge in [-0.25, -0.2) is 4.98 Å². The Labute approximate surface area is 94.5 Å². The predicted octanol–water partition coefficient (Wildman–Crippen LogP) is 1.42. The summed E-state index contributed by atoms with van der Waals surface area (Å²) in [5.74, 6) is 0. The van der Waals surface area contributed by atoms with E-state index in [1.54, 1.807) is 11.3 Å². The van der Waals surface area contributed by atoms with Crippen LogP contribution in [0, 0.1) is 13.8 Å². The summed E-state index contributed by atoms with van der Waals surface area (Å²) in [5, 5.41) is 14.6. The van der Waals surface area contributed by atoms with E-state index in [0.717, 1.165) is 30.1 Å². The van der Waals surface area contributed by atoms with Gasteiger partial charge < -0.3 is 10.4 Å². The van der Waals surface area contributed by atoms with E-state index in [4.69, 9.17) is 0 Å². The third kappa shape index (κ3) is 2.56. The second-order valence-electron chi connectivity index (χ2n) is 4.43. The lowest BCUT2D eigenvalue weighted by Gasteiger charge is -2.31. The smallest absolute Gasteiger partial charge is 0.0960 e. The molecule has 1 aliphatic rings. The fourth-order valence-corrected chi connectivity index (χ4v) is 3.07. The van der Waals surface area contributed by atoms with Gasteiger partial charge in [-0.3, -0.25) is 0 Å². The number of β-amino-alcohol motifs (C(OH)–C–C–N with tert-alkyl or cyclic N) is 1. The van der Waals surface area contributed by atoms with Gasteiger partial charge in [-0.15, -0.1) is 11.3 Å². The molecule has 1 unspecified atom stereocenters. The molecule has 2 rings (SSSR count). The first-order valence-electron chi connectivity index (χ1n) is 5.45. The molecule has 0 radical (unpaired) electrons. The molecule has 0 amide bonds. The van der Waals surface area contributed by atoms with Gasteiger partial charge in [0, 0.05) is 17.8 Å². The van der Waals surface area contributed by atoms with Crippen LogP contribution < -0.4 is 5.32 Å². The summed E-state index contributed by atoms with van der Waals surface area (Å²) in [5.41, 5.74) is 0.525. The van der Waals surface area contributed by atoms with Crippen LogP contribution in [0.5, 0.6) is 0 Å². The van der Waals surface area contributed by atoms with Crippen molar-refractivity contribution >= 4 is 11.3 Å². The Morgan fingerprint density at radius 1 is 1.53 bits per heavy atom. The van der Waals surface area contributed by atoms with Crippen LogP contribution in [0.15, 0.2) is 0 Å². The summed E-state index contributed by atoms with van der Waals surface area (Å²) in [6.45, 7) is 5.83. The molecule has 4 heteroatoms. The molecule has 1 atom stereocenters. The molecule has 0 aromatic carbocycles. The third-order valence-electron chi connectivity index (χ3n) is 3.00. The molecule has 84 valence electrons. The second-order valence-corrected chi connectivity index (χ2v) is 5.72. The highest BCUT2D eigenvalue weighted by molar-refractivity contribution is 7.11. The van der Waals surface area contributed by atoms with Crippen molar-refractivity contribution in [2.24, 2.45) is 0 Å². The highest BCUT2D eigenvalue weighted by Gasteiger charge is 2.30. The van der Waals surface area contributed by atoms with Crippen molar-refractivity contribution in [2.45, 2.75) is 38.7 Å². The topological polar surface area (TPSA) is 45.2 Å². The molecule has 2 N–H and O–H groups in total. The number of thiazole rings is 1. The lowest BCUT2D eigenvalue weighted by atomic mass is 9.91. The number of aryl methyl sites for hydroxylation is 2. The lowest BCUT2D eigenvalue weighted by molar-refractivity contribution is 0.0169. The number of hydrogen-bond donors (Lipinski definition) is 2. The molecular formula is C11H18N2OS. The van der Waals surface area contributed by atoms with E-state index in [9.17, 15) is 5.11 Å². The van der Waals surface area contributed by atoms with Crippen molar-refractivity contribution in [3.8, 4) is 0 Å². The van der Waals surface area contributed by atoms with Crippen molar-refractivity contribution in [1.82, 2.24) is 10.3 Å². The maximum Gasteiger partial charge on any atom is 0.0960 e. The van der Waals surface area contributed by atoms with E-state index in [-0.39, 0.29) is 0 Å². The molecule has 1 aromatic rings.